The van der Waals surface area contributed by atoms with E-state index in [0.717, 1.165) is 31.6 Å². The van der Waals surface area contributed by atoms with Crippen LogP contribution in [0.4, 0.5) is 13.2 Å². The van der Waals surface area contributed by atoms with Gasteiger partial charge in [0.15, 0.2) is 5.65 Å². The van der Waals surface area contributed by atoms with Crippen molar-refractivity contribution < 1.29 is 18.0 Å². The monoisotopic (exact) mass is 379 g/mol. The van der Waals surface area contributed by atoms with Crippen molar-refractivity contribution in [2.75, 3.05) is 19.6 Å². The number of piperidine rings is 1. The third kappa shape index (κ3) is 4.06. The number of pyridine rings is 1. The molecule has 6 nitrogen and oxygen atoms in total. The fraction of sp³-hybridized carbons (Fsp3) is 0.500. The van der Waals surface area contributed by atoms with Crippen LogP contribution < -0.4 is 5.32 Å². The number of fused-ring (bicyclic) bond motifs is 1. The van der Waals surface area contributed by atoms with E-state index in [0.29, 0.717) is 18.0 Å². The quantitative estimate of drug-likeness (QED) is 0.827. The number of terminal acetylenes is 1. The average molecular weight is 379 g/mol. The molecule has 2 aromatic heterocycles. The van der Waals surface area contributed by atoms with Crippen LogP contribution >= 0.6 is 0 Å². The molecule has 0 aliphatic carbocycles. The van der Waals surface area contributed by atoms with Crippen molar-refractivity contribution >= 4 is 11.6 Å². The summed E-state index contributed by atoms with van der Waals surface area (Å²) in [4.78, 5) is 14.1. The number of amides is 1. The van der Waals surface area contributed by atoms with Crippen molar-refractivity contribution in [3.8, 4) is 12.3 Å². The zero-order valence-corrected chi connectivity index (χ0v) is 14.8. The zero-order chi connectivity index (χ0) is 19.6. The zero-order valence-electron chi connectivity index (χ0n) is 14.8. The van der Waals surface area contributed by atoms with Crippen molar-refractivity contribution in [2.24, 2.45) is 0 Å². The fourth-order valence-electron chi connectivity index (χ4n) is 3.38. The molecule has 3 heterocycles. The highest BCUT2D eigenvalue weighted by Gasteiger charge is 2.33. The highest BCUT2D eigenvalue weighted by Crippen LogP contribution is 2.31. The number of nitrogens with one attached hydrogen (secondary N) is 1. The number of carbonyl (C=O) groups excluding carboxylic acids is 1. The van der Waals surface area contributed by atoms with Gasteiger partial charge in [-0.1, -0.05) is 5.92 Å². The molecule has 1 aliphatic heterocycles. The van der Waals surface area contributed by atoms with Gasteiger partial charge in [-0.2, -0.15) is 13.2 Å². The van der Waals surface area contributed by atoms with Gasteiger partial charge in [0.2, 0.25) is 5.91 Å². The summed E-state index contributed by atoms with van der Waals surface area (Å²) in [6.45, 7) is 3.20. The van der Waals surface area contributed by atoms with Gasteiger partial charge < -0.3 is 5.32 Å². The molecule has 27 heavy (non-hydrogen) atoms. The second kappa shape index (κ2) is 7.56. The van der Waals surface area contributed by atoms with Crippen LogP contribution in [-0.2, 0) is 11.0 Å². The van der Waals surface area contributed by atoms with Gasteiger partial charge in [0.1, 0.15) is 5.82 Å². The van der Waals surface area contributed by atoms with Gasteiger partial charge in [0.05, 0.1) is 18.2 Å². The molecule has 1 saturated heterocycles. The van der Waals surface area contributed by atoms with E-state index < -0.39 is 11.7 Å². The van der Waals surface area contributed by atoms with Crippen LogP contribution in [-0.4, -0.2) is 51.1 Å². The fourth-order valence-corrected chi connectivity index (χ4v) is 3.38. The number of hydrogen-bond acceptors (Lipinski definition) is 4. The number of hydrogen-bond donors (Lipinski definition) is 1. The molecule has 0 aromatic carbocycles. The Balaban J connectivity index is 1.82. The second-order valence-corrected chi connectivity index (χ2v) is 6.63. The summed E-state index contributed by atoms with van der Waals surface area (Å²) in [6, 6.07) is 1.93. The standard InChI is InChI=1S/C18H20F3N5O/c1-3-8-22-17(27)12(2)25-9-4-5-13(10-25)16-24-23-15-7-6-14(11-26(15)16)18(19,20)21/h1,6-7,11-13H,4-5,8-10H2,2H3,(H,22,27). The first kappa shape index (κ1) is 19.2. The van der Waals surface area contributed by atoms with Gasteiger partial charge in [-0.15, -0.1) is 16.6 Å². The maximum Gasteiger partial charge on any atom is 0.417 e. The summed E-state index contributed by atoms with van der Waals surface area (Å²) >= 11 is 0. The molecule has 2 aromatic rings. The average Bonchev–Trinajstić information content (AvgIpc) is 3.08. The molecule has 1 N–H and O–H groups in total. The lowest BCUT2D eigenvalue weighted by molar-refractivity contribution is -0.137. The van der Waals surface area contributed by atoms with E-state index in [1.54, 1.807) is 6.92 Å². The molecule has 1 aliphatic rings. The molecule has 144 valence electrons. The first-order valence-electron chi connectivity index (χ1n) is 8.68. The lowest BCUT2D eigenvalue weighted by atomic mass is 9.96. The van der Waals surface area contributed by atoms with Crippen LogP contribution in [0, 0.1) is 12.3 Å². The van der Waals surface area contributed by atoms with Crippen molar-refractivity contribution in [2.45, 2.75) is 37.9 Å². The number of likely N-dealkylation sites (tertiary alicyclic amines) is 1. The summed E-state index contributed by atoms with van der Waals surface area (Å²) in [5.41, 5.74) is -0.374. The molecule has 0 radical (unpaired) electrons. The molecule has 0 bridgehead atoms. The Morgan fingerprint density at radius 1 is 1.44 bits per heavy atom. The van der Waals surface area contributed by atoms with E-state index >= 15 is 0 Å². The molecule has 9 heteroatoms. The summed E-state index contributed by atoms with van der Waals surface area (Å²) in [6.07, 6.45) is 3.34. The normalized spacial score (nSPS) is 19.6. The van der Waals surface area contributed by atoms with E-state index in [1.807, 2.05) is 4.90 Å². The van der Waals surface area contributed by atoms with Crippen molar-refractivity contribution in [3.05, 3.63) is 29.7 Å². The van der Waals surface area contributed by atoms with Gasteiger partial charge in [0, 0.05) is 18.7 Å². The van der Waals surface area contributed by atoms with E-state index in [2.05, 4.69) is 21.4 Å². The Hall–Kier alpha value is -2.60. The smallest absolute Gasteiger partial charge is 0.344 e. The molecule has 2 unspecified atom stereocenters. The third-order valence-electron chi connectivity index (χ3n) is 4.87. The Bertz CT molecular complexity index is 870. The maximum atomic E-state index is 13.0. The van der Waals surface area contributed by atoms with Crippen LogP contribution in [0.15, 0.2) is 18.3 Å². The van der Waals surface area contributed by atoms with Crippen molar-refractivity contribution in [1.82, 2.24) is 24.8 Å². The lowest BCUT2D eigenvalue weighted by Crippen LogP contribution is -2.48. The summed E-state index contributed by atoms with van der Waals surface area (Å²) in [5.74, 6) is 2.57. The highest BCUT2D eigenvalue weighted by atomic mass is 19.4. The van der Waals surface area contributed by atoms with Gasteiger partial charge in [-0.25, -0.2) is 0 Å². The lowest BCUT2D eigenvalue weighted by Gasteiger charge is -2.35. The number of rotatable bonds is 4. The molecule has 0 saturated carbocycles. The molecule has 1 amide bonds. The predicted molar refractivity (Wildman–Crippen MR) is 92.8 cm³/mol. The van der Waals surface area contributed by atoms with Gasteiger partial charge in [0.25, 0.3) is 0 Å². The number of aromatic nitrogens is 3. The minimum absolute atomic E-state index is 0.111. The van der Waals surface area contributed by atoms with Crippen LogP contribution in [0.2, 0.25) is 0 Å². The Morgan fingerprint density at radius 3 is 2.93 bits per heavy atom. The van der Waals surface area contributed by atoms with Gasteiger partial charge in [-0.3, -0.25) is 14.1 Å². The van der Waals surface area contributed by atoms with Crippen molar-refractivity contribution in [3.63, 3.8) is 0 Å². The number of carbonyl (C=O) groups is 1. The van der Waals surface area contributed by atoms with E-state index in [4.69, 9.17) is 6.42 Å². The molecule has 1 fully saturated rings. The minimum Gasteiger partial charge on any atom is -0.344 e. The Labute approximate surface area is 154 Å². The largest absolute Gasteiger partial charge is 0.417 e. The molecular formula is C18H20F3N5O. The molecular weight excluding hydrogens is 359 g/mol. The Morgan fingerprint density at radius 2 is 2.22 bits per heavy atom. The van der Waals surface area contributed by atoms with Crippen LogP contribution in [0.25, 0.3) is 5.65 Å². The van der Waals surface area contributed by atoms with Gasteiger partial charge in [-0.05, 0) is 38.4 Å². The number of halogens is 3. The second-order valence-electron chi connectivity index (χ2n) is 6.63. The minimum atomic E-state index is -4.43. The van der Waals surface area contributed by atoms with Crippen LogP contribution in [0.3, 0.4) is 0 Å². The summed E-state index contributed by atoms with van der Waals surface area (Å²) in [7, 11) is 0. The first-order valence-corrected chi connectivity index (χ1v) is 8.68. The van der Waals surface area contributed by atoms with Crippen molar-refractivity contribution in [1.29, 1.82) is 0 Å². The SMILES string of the molecule is C#CCNC(=O)C(C)N1CCCC(c2nnc3ccc(C(F)(F)F)cn23)C1. The summed E-state index contributed by atoms with van der Waals surface area (Å²) in [5, 5.41) is 10.8. The summed E-state index contributed by atoms with van der Waals surface area (Å²) < 4.78 is 40.5. The third-order valence-corrected chi connectivity index (χ3v) is 4.87. The Kier molecular flexibility index (Phi) is 5.37. The number of alkyl halides is 3. The van der Waals surface area contributed by atoms with E-state index in [-0.39, 0.29) is 24.4 Å². The number of nitrogens with zero attached hydrogens (tertiary/aromatic N) is 4. The van der Waals surface area contributed by atoms with Crippen LogP contribution in [0.5, 0.6) is 0 Å². The first-order chi connectivity index (χ1) is 12.8. The van der Waals surface area contributed by atoms with E-state index in [1.165, 1.54) is 10.5 Å². The van der Waals surface area contributed by atoms with Crippen LogP contribution in [0.1, 0.15) is 37.1 Å². The topological polar surface area (TPSA) is 62.5 Å². The highest BCUT2D eigenvalue weighted by molar-refractivity contribution is 5.81. The molecule has 2 atom stereocenters. The maximum absolute atomic E-state index is 13.0. The predicted octanol–water partition coefficient (Wildman–Crippen LogP) is 2.07. The molecule has 0 spiro atoms. The molecule has 3 rings (SSSR count). The van der Waals surface area contributed by atoms with Gasteiger partial charge >= 0.3 is 6.18 Å². The van der Waals surface area contributed by atoms with E-state index in [9.17, 15) is 18.0 Å².